The molecule has 18 heavy (non-hydrogen) atoms. The third kappa shape index (κ3) is 1.32. The number of aromatic nitrogens is 2. The van der Waals surface area contributed by atoms with Crippen molar-refractivity contribution in [2.24, 2.45) is 0 Å². The normalized spacial score (nSPS) is 13.2. The number of rotatable bonds is 0. The minimum atomic E-state index is -0.504. The molecule has 0 aromatic carbocycles. The molecule has 0 aliphatic heterocycles. The predicted molar refractivity (Wildman–Crippen MR) is 65.6 cm³/mol. The monoisotopic (exact) mass is 238 g/mol. The van der Waals surface area contributed by atoms with Crippen LogP contribution in [0, 0.1) is 13.8 Å². The molecule has 2 aromatic heterocycles. The summed E-state index contributed by atoms with van der Waals surface area (Å²) in [5.41, 5.74) is 3.44. The summed E-state index contributed by atoms with van der Waals surface area (Å²) in [6, 6.07) is 4.98. The van der Waals surface area contributed by atoms with Crippen molar-refractivity contribution in [1.82, 2.24) is 9.97 Å². The first-order valence-corrected chi connectivity index (χ1v) is 5.62. The maximum absolute atomic E-state index is 12.0. The van der Waals surface area contributed by atoms with Crippen molar-refractivity contribution in [1.29, 1.82) is 0 Å². The summed E-state index contributed by atoms with van der Waals surface area (Å²) >= 11 is 0. The quantitative estimate of drug-likeness (QED) is 0.660. The van der Waals surface area contributed by atoms with Crippen LogP contribution in [0.4, 0.5) is 0 Å². The van der Waals surface area contributed by atoms with Gasteiger partial charge in [0.25, 0.3) is 0 Å². The second-order valence-corrected chi connectivity index (χ2v) is 4.34. The van der Waals surface area contributed by atoms with Crippen LogP contribution in [0.2, 0.25) is 0 Å². The molecule has 2 heterocycles. The van der Waals surface area contributed by atoms with Gasteiger partial charge in [-0.3, -0.25) is 19.6 Å². The van der Waals surface area contributed by atoms with Gasteiger partial charge in [0.1, 0.15) is 11.4 Å². The highest BCUT2D eigenvalue weighted by atomic mass is 16.2. The van der Waals surface area contributed by atoms with Crippen LogP contribution in [0.15, 0.2) is 24.4 Å². The second-order valence-electron chi connectivity index (χ2n) is 4.34. The van der Waals surface area contributed by atoms with E-state index in [4.69, 9.17) is 0 Å². The standard InChI is InChI=1S/C14H10N2O2/c1-7-6-10-12(16-8(7)2)11-9(4-3-5-15-11)13(17)14(10)18/h3-6H,1-2H3. The average Bonchev–Trinajstić information content (AvgIpc) is 2.38. The highest BCUT2D eigenvalue weighted by molar-refractivity contribution is 6.52. The number of fused-ring (bicyclic) bond motifs is 3. The zero-order valence-corrected chi connectivity index (χ0v) is 10.0. The molecular formula is C14H10N2O2. The third-order valence-corrected chi connectivity index (χ3v) is 3.19. The molecule has 2 aromatic rings. The molecule has 4 heteroatoms. The summed E-state index contributed by atoms with van der Waals surface area (Å²) in [5, 5.41) is 0. The summed E-state index contributed by atoms with van der Waals surface area (Å²) in [6.07, 6.45) is 1.60. The summed E-state index contributed by atoms with van der Waals surface area (Å²) < 4.78 is 0. The second kappa shape index (κ2) is 3.57. The molecule has 0 amide bonds. The zero-order valence-electron chi connectivity index (χ0n) is 10.0. The van der Waals surface area contributed by atoms with Gasteiger partial charge in [0.05, 0.1) is 11.1 Å². The van der Waals surface area contributed by atoms with Gasteiger partial charge in [-0.1, -0.05) is 0 Å². The van der Waals surface area contributed by atoms with Crippen molar-refractivity contribution in [3.63, 3.8) is 0 Å². The molecule has 0 radical (unpaired) electrons. The molecule has 88 valence electrons. The van der Waals surface area contributed by atoms with Crippen molar-refractivity contribution in [3.8, 4) is 11.4 Å². The van der Waals surface area contributed by atoms with Gasteiger partial charge in [0.2, 0.25) is 11.6 Å². The van der Waals surface area contributed by atoms with Crippen LogP contribution in [0.3, 0.4) is 0 Å². The fraction of sp³-hybridized carbons (Fsp3) is 0.143. The lowest BCUT2D eigenvalue weighted by atomic mass is 9.89. The van der Waals surface area contributed by atoms with Crippen molar-refractivity contribution in [3.05, 3.63) is 46.8 Å². The maximum atomic E-state index is 12.0. The fourth-order valence-electron chi connectivity index (χ4n) is 2.08. The predicted octanol–water partition coefficient (Wildman–Crippen LogP) is 2.14. The van der Waals surface area contributed by atoms with Gasteiger partial charge >= 0.3 is 0 Å². The van der Waals surface area contributed by atoms with Gasteiger partial charge in [-0.25, -0.2) is 0 Å². The molecular weight excluding hydrogens is 228 g/mol. The van der Waals surface area contributed by atoms with E-state index in [9.17, 15) is 9.59 Å². The van der Waals surface area contributed by atoms with Crippen molar-refractivity contribution in [2.75, 3.05) is 0 Å². The largest absolute Gasteiger partial charge is 0.285 e. The molecule has 0 saturated carbocycles. The highest BCUT2D eigenvalue weighted by Gasteiger charge is 2.32. The van der Waals surface area contributed by atoms with E-state index in [0.717, 1.165) is 11.3 Å². The van der Waals surface area contributed by atoms with Gasteiger partial charge in [0, 0.05) is 11.9 Å². The van der Waals surface area contributed by atoms with Gasteiger partial charge in [-0.2, -0.15) is 0 Å². The number of hydrogen-bond acceptors (Lipinski definition) is 4. The summed E-state index contributed by atoms with van der Waals surface area (Å²) in [7, 11) is 0. The van der Waals surface area contributed by atoms with E-state index in [1.807, 2.05) is 13.8 Å². The van der Waals surface area contributed by atoms with E-state index in [1.54, 1.807) is 24.4 Å². The number of hydrogen-bond donors (Lipinski definition) is 0. The summed E-state index contributed by atoms with van der Waals surface area (Å²) in [5.74, 6) is -1.00. The lowest BCUT2D eigenvalue weighted by Crippen LogP contribution is -2.23. The molecule has 0 saturated heterocycles. The van der Waals surface area contributed by atoms with Crippen LogP contribution in [0.5, 0.6) is 0 Å². The van der Waals surface area contributed by atoms with E-state index >= 15 is 0 Å². The number of ketones is 2. The lowest BCUT2D eigenvalue weighted by molar-refractivity contribution is 0.0814. The van der Waals surface area contributed by atoms with Crippen molar-refractivity contribution in [2.45, 2.75) is 13.8 Å². The van der Waals surface area contributed by atoms with Gasteiger partial charge in [-0.15, -0.1) is 0 Å². The van der Waals surface area contributed by atoms with E-state index in [-0.39, 0.29) is 0 Å². The fourth-order valence-corrected chi connectivity index (χ4v) is 2.08. The Morgan fingerprint density at radius 3 is 2.50 bits per heavy atom. The zero-order chi connectivity index (χ0) is 12.9. The van der Waals surface area contributed by atoms with Gasteiger partial charge < -0.3 is 0 Å². The Bertz CT molecular complexity index is 705. The molecule has 1 aliphatic carbocycles. The minimum absolute atomic E-state index is 0.339. The highest BCUT2D eigenvalue weighted by Crippen LogP contribution is 2.31. The molecule has 4 nitrogen and oxygen atoms in total. The number of nitrogens with zero attached hydrogens (tertiary/aromatic N) is 2. The van der Waals surface area contributed by atoms with Crippen molar-refractivity contribution >= 4 is 11.6 Å². The van der Waals surface area contributed by atoms with Crippen molar-refractivity contribution < 1.29 is 9.59 Å². The maximum Gasteiger partial charge on any atom is 0.235 e. The topological polar surface area (TPSA) is 59.9 Å². The first-order valence-electron chi connectivity index (χ1n) is 5.62. The Kier molecular flexibility index (Phi) is 2.13. The molecule has 0 unspecified atom stereocenters. The van der Waals surface area contributed by atoms with Gasteiger partial charge in [-0.05, 0) is 37.6 Å². The van der Waals surface area contributed by atoms with Crippen LogP contribution in [0.1, 0.15) is 32.0 Å². The van der Waals surface area contributed by atoms with E-state index < -0.39 is 11.6 Å². The van der Waals surface area contributed by atoms with E-state index in [2.05, 4.69) is 9.97 Å². The molecule has 0 fully saturated rings. The molecule has 0 atom stereocenters. The van der Waals surface area contributed by atoms with Crippen LogP contribution in [-0.2, 0) is 0 Å². The molecule has 0 spiro atoms. The van der Waals surface area contributed by atoms with Gasteiger partial charge in [0.15, 0.2) is 0 Å². The Balaban J connectivity index is 2.41. The van der Waals surface area contributed by atoms with Crippen LogP contribution in [-0.4, -0.2) is 21.5 Å². The number of aryl methyl sites for hydroxylation is 2. The SMILES string of the molecule is Cc1cc2c(nc1C)-c1ncccc1C(=O)C2=O. The Morgan fingerprint density at radius 2 is 1.72 bits per heavy atom. The molecule has 1 aliphatic rings. The van der Waals surface area contributed by atoms with Crippen LogP contribution >= 0.6 is 0 Å². The van der Waals surface area contributed by atoms with E-state index in [0.29, 0.717) is 22.5 Å². The van der Waals surface area contributed by atoms with E-state index in [1.165, 1.54) is 0 Å². The number of carbonyl (C=O) groups is 2. The lowest BCUT2D eigenvalue weighted by Gasteiger charge is -2.17. The Labute approximate surface area is 104 Å². The summed E-state index contributed by atoms with van der Waals surface area (Å²) in [4.78, 5) is 32.6. The first-order chi connectivity index (χ1) is 8.59. The Morgan fingerprint density at radius 1 is 1.00 bits per heavy atom. The number of carbonyl (C=O) groups excluding carboxylic acids is 2. The smallest absolute Gasteiger partial charge is 0.235 e. The minimum Gasteiger partial charge on any atom is -0.285 e. The molecule has 0 N–H and O–H groups in total. The summed E-state index contributed by atoms with van der Waals surface area (Å²) in [6.45, 7) is 3.74. The molecule has 3 rings (SSSR count). The number of pyridine rings is 2. The van der Waals surface area contributed by atoms with Crippen LogP contribution < -0.4 is 0 Å². The Hall–Kier alpha value is -2.36. The van der Waals surface area contributed by atoms with Crippen LogP contribution in [0.25, 0.3) is 11.4 Å². The molecule has 0 bridgehead atoms. The average molecular weight is 238 g/mol. The number of Topliss-reactive ketones (excluding diaryl/α,β-unsaturated/α-hetero) is 2. The third-order valence-electron chi connectivity index (χ3n) is 3.19. The first kappa shape index (κ1) is 10.8.